The maximum absolute atomic E-state index is 11.0. The van der Waals surface area contributed by atoms with Crippen molar-refractivity contribution in [1.29, 1.82) is 0 Å². The summed E-state index contributed by atoms with van der Waals surface area (Å²) < 4.78 is 1.81. The van der Waals surface area contributed by atoms with E-state index >= 15 is 0 Å². The number of thiophene rings is 1. The Kier molecular flexibility index (Phi) is 2.41. The van der Waals surface area contributed by atoms with E-state index in [2.05, 4.69) is 4.98 Å². The van der Waals surface area contributed by atoms with Gasteiger partial charge in [-0.3, -0.25) is 4.40 Å². The summed E-state index contributed by atoms with van der Waals surface area (Å²) in [5.41, 5.74) is 1.15. The number of rotatable bonds is 2. The van der Waals surface area contributed by atoms with Crippen molar-refractivity contribution in [2.24, 2.45) is 0 Å². The van der Waals surface area contributed by atoms with E-state index in [1.54, 1.807) is 35.9 Å². The molecule has 0 amide bonds. The quantitative estimate of drug-likeness (QED) is 0.768. The van der Waals surface area contributed by atoms with Gasteiger partial charge < -0.3 is 5.11 Å². The molecule has 0 aliphatic rings. The third-order valence-corrected chi connectivity index (χ3v) is 3.73. The Balaban J connectivity index is 2.23. The number of hydrogen-bond acceptors (Lipinski definition) is 3. The monoisotopic (exact) mass is 258 g/mol. The average molecular weight is 258 g/mol. The number of fused-ring (bicyclic) bond motifs is 1. The van der Waals surface area contributed by atoms with Crippen LogP contribution in [-0.4, -0.2) is 20.5 Å². The zero-order valence-electron chi connectivity index (χ0n) is 9.62. The highest BCUT2D eigenvalue weighted by Crippen LogP contribution is 2.27. The molecule has 0 aliphatic heterocycles. The molecule has 0 aromatic carbocycles. The highest BCUT2D eigenvalue weighted by molar-refractivity contribution is 7.15. The third-order valence-electron chi connectivity index (χ3n) is 2.73. The minimum Gasteiger partial charge on any atom is -0.478 e. The second-order valence-electron chi connectivity index (χ2n) is 4.01. The summed E-state index contributed by atoms with van der Waals surface area (Å²) in [5.74, 6) is -0.148. The molecule has 0 fully saturated rings. The van der Waals surface area contributed by atoms with Gasteiger partial charge in [-0.25, -0.2) is 9.78 Å². The van der Waals surface area contributed by atoms with E-state index in [0.29, 0.717) is 0 Å². The molecule has 3 aromatic heterocycles. The smallest absolute Gasteiger partial charge is 0.337 e. The van der Waals surface area contributed by atoms with Gasteiger partial charge in [-0.15, -0.1) is 11.3 Å². The van der Waals surface area contributed by atoms with Gasteiger partial charge in [0.05, 0.1) is 22.2 Å². The maximum atomic E-state index is 11.0. The molecule has 0 bridgehead atoms. The number of pyridine rings is 1. The van der Waals surface area contributed by atoms with E-state index in [0.717, 1.165) is 16.2 Å². The molecule has 1 N–H and O–H groups in total. The van der Waals surface area contributed by atoms with Crippen LogP contribution in [0, 0.1) is 6.92 Å². The van der Waals surface area contributed by atoms with Gasteiger partial charge in [0.15, 0.2) is 5.82 Å². The zero-order chi connectivity index (χ0) is 12.7. The lowest BCUT2D eigenvalue weighted by molar-refractivity contribution is 0.0696. The lowest BCUT2D eigenvalue weighted by atomic mass is 10.3. The summed E-state index contributed by atoms with van der Waals surface area (Å²) in [5, 5.41) is 9.02. The highest BCUT2D eigenvalue weighted by Gasteiger charge is 2.10. The number of carbonyl (C=O) groups is 1. The van der Waals surface area contributed by atoms with Crippen LogP contribution in [0.1, 0.15) is 15.2 Å². The molecule has 0 saturated carbocycles. The molecule has 0 unspecified atom stereocenters. The van der Waals surface area contributed by atoms with Crippen molar-refractivity contribution in [2.45, 2.75) is 6.92 Å². The highest BCUT2D eigenvalue weighted by atomic mass is 32.1. The van der Waals surface area contributed by atoms with E-state index in [4.69, 9.17) is 5.11 Å². The minimum atomic E-state index is -0.932. The molecule has 3 aromatic rings. The van der Waals surface area contributed by atoms with Crippen LogP contribution in [0.2, 0.25) is 0 Å². The predicted molar refractivity (Wildman–Crippen MR) is 70.2 cm³/mol. The molecule has 0 saturated heterocycles. The molecule has 0 radical (unpaired) electrons. The summed E-state index contributed by atoms with van der Waals surface area (Å²) in [7, 11) is 0. The predicted octanol–water partition coefficient (Wildman–Crippen LogP) is 3.07. The standard InChI is InChI=1S/C13H10N2O2S/c1-8-2-5-11(18-8)12-14-6-10-4-3-9(13(16)17)7-15(10)12/h2-7H,1H3,(H,16,17). The fraction of sp³-hybridized carbons (Fsp3) is 0.0769. The van der Waals surface area contributed by atoms with Crippen LogP contribution < -0.4 is 0 Å². The molecule has 0 atom stereocenters. The lowest BCUT2D eigenvalue weighted by Crippen LogP contribution is -1.99. The molecule has 3 rings (SSSR count). The number of aromatic carboxylic acids is 1. The molecular formula is C13H10N2O2S. The summed E-state index contributed by atoms with van der Waals surface area (Å²) in [6, 6.07) is 7.38. The molecule has 0 spiro atoms. The molecular weight excluding hydrogens is 248 g/mol. The lowest BCUT2D eigenvalue weighted by Gasteiger charge is -2.00. The van der Waals surface area contributed by atoms with Gasteiger partial charge >= 0.3 is 5.97 Å². The van der Waals surface area contributed by atoms with Gasteiger partial charge in [0, 0.05) is 11.1 Å². The summed E-state index contributed by atoms with van der Waals surface area (Å²) in [6.45, 7) is 2.03. The van der Waals surface area contributed by atoms with E-state index in [1.807, 2.05) is 23.5 Å². The van der Waals surface area contributed by atoms with Gasteiger partial charge in [0.25, 0.3) is 0 Å². The first-order valence-corrected chi connectivity index (χ1v) is 6.24. The van der Waals surface area contributed by atoms with Crippen LogP contribution in [0.4, 0.5) is 0 Å². The van der Waals surface area contributed by atoms with Gasteiger partial charge in [0.1, 0.15) is 0 Å². The topological polar surface area (TPSA) is 54.6 Å². The van der Waals surface area contributed by atoms with Gasteiger partial charge in [-0.2, -0.15) is 0 Å². The van der Waals surface area contributed by atoms with E-state index in [9.17, 15) is 4.79 Å². The van der Waals surface area contributed by atoms with Gasteiger partial charge in [0.2, 0.25) is 0 Å². The second kappa shape index (κ2) is 3.96. The summed E-state index contributed by atoms with van der Waals surface area (Å²) in [6.07, 6.45) is 3.35. The Morgan fingerprint density at radius 2 is 2.17 bits per heavy atom. The van der Waals surface area contributed by atoms with E-state index in [1.165, 1.54) is 4.88 Å². The van der Waals surface area contributed by atoms with Crippen molar-refractivity contribution < 1.29 is 9.90 Å². The molecule has 3 heterocycles. The number of aromatic nitrogens is 2. The van der Waals surface area contributed by atoms with Crippen molar-refractivity contribution in [1.82, 2.24) is 9.38 Å². The van der Waals surface area contributed by atoms with Crippen LogP contribution in [0.3, 0.4) is 0 Å². The first kappa shape index (κ1) is 11.0. The number of aryl methyl sites for hydroxylation is 1. The number of carboxylic acid groups (broad SMARTS) is 1. The van der Waals surface area contributed by atoms with Crippen molar-refractivity contribution in [3.8, 4) is 10.7 Å². The number of hydrogen-bond donors (Lipinski definition) is 1. The average Bonchev–Trinajstić information content (AvgIpc) is 2.93. The molecule has 18 heavy (non-hydrogen) atoms. The Morgan fingerprint density at radius 1 is 1.33 bits per heavy atom. The zero-order valence-corrected chi connectivity index (χ0v) is 10.4. The largest absolute Gasteiger partial charge is 0.478 e. The fourth-order valence-electron chi connectivity index (χ4n) is 1.85. The summed E-state index contributed by atoms with van der Waals surface area (Å²) >= 11 is 1.64. The number of carboxylic acids is 1. The van der Waals surface area contributed by atoms with Crippen molar-refractivity contribution in [3.05, 3.63) is 47.1 Å². The van der Waals surface area contributed by atoms with Crippen LogP contribution in [0.25, 0.3) is 16.2 Å². The maximum Gasteiger partial charge on any atom is 0.337 e. The molecule has 90 valence electrons. The van der Waals surface area contributed by atoms with Crippen LogP contribution in [-0.2, 0) is 0 Å². The first-order chi connectivity index (χ1) is 8.65. The van der Waals surface area contributed by atoms with Crippen molar-refractivity contribution in [3.63, 3.8) is 0 Å². The summed E-state index contributed by atoms with van der Waals surface area (Å²) in [4.78, 5) is 17.6. The molecule has 4 nitrogen and oxygen atoms in total. The number of imidazole rings is 1. The Bertz CT molecular complexity index is 742. The minimum absolute atomic E-state index is 0.259. The van der Waals surface area contributed by atoms with Gasteiger partial charge in [-0.05, 0) is 31.2 Å². The van der Waals surface area contributed by atoms with Crippen LogP contribution in [0.5, 0.6) is 0 Å². The van der Waals surface area contributed by atoms with Crippen LogP contribution >= 0.6 is 11.3 Å². The normalized spacial score (nSPS) is 10.9. The number of nitrogens with zero attached hydrogens (tertiary/aromatic N) is 2. The Labute approximate surface area is 107 Å². The molecule has 5 heteroatoms. The van der Waals surface area contributed by atoms with Crippen molar-refractivity contribution in [2.75, 3.05) is 0 Å². The van der Waals surface area contributed by atoms with E-state index < -0.39 is 5.97 Å². The van der Waals surface area contributed by atoms with Crippen LogP contribution in [0.15, 0.2) is 36.7 Å². The Hall–Kier alpha value is -2.14. The second-order valence-corrected chi connectivity index (χ2v) is 5.30. The van der Waals surface area contributed by atoms with Crippen molar-refractivity contribution >= 4 is 22.8 Å². The fourth-order valence-corrected chi connectivity index (χ4v) is 2.72. The first-order valence-electron chi connectivity index (χ1n) is 5.42. The molecule has 0 aliphatic carbocycles. The Morgan fingerprint density at radius 3 is 2.83 bits per heavy atom. The SMILES string of the molecule is Cc1ccc(-c2ncc3ccc(C(=O)O)cn23)s1. The third kappa shape index (κ3) is 1.69. The van der Waals surface area contributed by atoms with E-state index in [-0.39, 0.29) is 5.56 Å². The van der Waals surface area contributed by atoms with Gasteiger partial charge in [-0.1, -0.05) is 0 Å².